The summed E-state index contributed by atoms with van der Waals surface area (Å²) in [5.41, 5.74) is 3.88. The number of hydrogen-bond donors (Lipinski definition) is 1. The second-order valence-electron chi connectivity index (χ2n) is 6.51. The van der Waals surface area contributed by atoms with Crippen LogP contribution in [0.1, 0.15) is 22.0 Å². The Morgan fingerprint density at radius 2 is 1.42 bits per heavy atom. The number of carbonyl (C=O) groups excluding carboxylic acids is 1. The molecule has 0 spiro atoms. The van der Waals surface area contributed by atoms with Gasteiger partial charge in [-0.25, -0.2) is 0 Å². The lowest BCUT2D eigenvalue weighted by Gasteiger charge is -2.25. The minimum atomic E-state index is -0.0489. The van der Waals surface area contributed by atoms with Gasteiger partial charge in [0.2, 0.25) is 0 Å². The average Bonchev–Trinajstić information content (AvgIpc) is 2.69. The Morgan fingerprint density at radius 3 is 2.08 bits per heavy atom. The Hall–Kier alpha value is -2.91. The van der Waals surface area contributed by atoms with E-state index >= 15 is 0 Å². The zero-order valence-corrected chi connectivity index (χ0v) is 15.2. The minimum absolute atomic E-state index is 0.0489. The van der Waals surface area contributed by atoms with Crippen LogP contribution in [0, 0.1) is 0 Å². The first-order valence-electron chi connectivity index (χ1n) is 8.81. The fourth-order valence-electron chi connectivity index (χ4n) is 3.11. The van der Waals surface area contributed by atoms with Crippen LogP contribution in [0.3, 0.4) is 0 Å². The molecule has 3 aromatic rings. The first-order valence-corrected chi connectivity index (χ1v) is 8.81. The van der Waals surface area contributed by atoms with Crippen LogP contribution in [0.25, 0.3) is 11.1 Å². The summed E-state index contributed by atoms with van der Waals surface area (Å²) in [6, 6.07) is 28.1. The summed E-state index contributed by atoms with van der Waals surface area (Å²) in [6.07, 6.45) is 0. The number of likely N-dealkylation sites (N-methyl/N-ethyl adjacent to an activating group) is 1. The lowest BCUT2D eigenvalue weighted by Crippen LogP contribution is -2.34. The van der Waals surface area contributed by atoms with Crippen molar-refractivity contribution < 1.29 is 4.79 Å². The minimum Gasteiger partial charge on any atom is -0.350 e. The van der Waals surface area contributed by atoms with E-state index in [1.54, 1.807) is 0 Å². The van der Waals surface area contributed by atoms with Gasteiger partial charge in [0.25, 0.3) is 5.91 Å². The summed E-state index contributed by atoms with van der Waals surface area (Å²) in [4.78, 5) is 15.0. The highest BCUT2D eigenvalue weighted by atomic mass is 16.1. The van der Waals surface area contributed by atoms with E-state index in [0.717, 1.165) is 11.1 Å². The highest BCUT2D eigenvalue weighted by molar-refractivity contribution is 6.00. The number of hydrogen-bond acceptors (Lipinski definition) is 2. The predicted molar refractivity (Wildman–Crippen MR) is 107 cm³/mol. The maximum atomic E-state index is 12.9. The molecule has 3 rings (SSSR count). The Balaban J connectivity index is 1.78. The van der Waals surface area contributed by atoms with E-state index in [4.69, 9.17) is 0 Å². The van der Waals surface area contributed by atoms with E-state index in [-0.39, 0.29) is 11.9 Å². The molecule has 3 aromatic carbocycles. The van der Waals surface area contributed by atoms with E-state index in [9.17, 15) is 4.79 Å². The molecule has 0 aliphatic carbocycles. The van der Waals surface area contributed by atoms with Crippen molar-refractivity contribution in [1.29, 1.82) is 0 Å². The van der Waals surface area contributed by atoms with Gasteiger partial charge in [0.05, 0.1) is 6.04 Å². The molecule has 0 bridgehead atoms. The largest absolute Gasteiger partial charge is 0.350 e. The molecule has 0 saturated heterocycles. The van der Waals surface area contributed by atoms with Crippen molar-refractivity contribution in [3.63, 3.8) is 0 Å². The van der Waals surface area contributed by atoms with Gasteiger partial charge in [-0.05, 0) is 36.9 Å². The summed E-state index contributed by atoms with van der Waals surface area (Å²) in [5.74, 6) is -0.0489. The summed E-state index contributed by atoms with van der Waals surface area (Å²) in [5, 5.41) is 3.11. The van der Waals surface area contributed by atoms with Gasteiger partial charge in [-0.15, -0.1) is 0 Å². The zero-order valence-electron chi connectivity index (χ0n) is 15.2. The molecule has 0 unspecified atom stereocenters. The van der Waals surface area contributed by atoms with Crippen LogP contribution in [0.5, 0.6) is 0 Å². The molecule has 1 N–H and O–H groups in total. The second kappa shape index (κ2) is 8.45. The average molecular weight is 344 g/mol. The summed E-state index contributed by atoms with van der Waals surface area (Å²) in [6.45, 7) is 0.555. The molecule has 0 radical (unpaired) electrons. The number of nitrogens with zero attached hydrogens (tertiary/aromatic N) is 1. The van der Waals surface area contributed by atoms with Gasteiger partial charge in [0, 0.05) is 12.1 Å². The van der Waals surface area contributed by atoms with Crippen LogP contribution in [-0.4, -0.2) is 31.4 Å². The van der Waals surface area contributed by atoms with E-state index in [2.05, 4.69) is 22.3 Å². The molecule has 1 amide bonds. The molecule has 132 valence electrons. The monoisotopic (exact) mass is 344 g/mol. The molecule has 26 heavy (non-hydrogen) atoms. The molecule has 3 heteroatoms. The molecular weight excluding hydrogens is 320 g/mol. The number of carbonyl (C=O) groups is 1. The van der Waals surface area contributed by atoms with Crippen LogP contribution >= 0.6 is 0 Å². The Morgan fingerprint density at radius 1 is 0.846 bits per heavy atom. The van der Waals surface area contributed by atoms with Crippen molar-refractivity contribution >= 4 is 5.91 Å². The Labute approximate surface area is 155 Å². The Bertz CT molecular complexity index is 844. The van der Waals surface area contributed by atoms with Crippen LogP contribution in [0.4, 0.5) is 0 Å². The SMILES string of the molecule is CN(C)[C@H](CNC(=O)c1ccccc1-c1ccccc1)c1ccccc1. The van der Waals surface area contributed by atoms with Crippen molar-refractivity contribution in [2.75, 3.05) is 20.6 Å². The highest BCUT2D eigenvalue weighted by Gasteiger charge is 2.17. The van der Waals surface area contributed by atoms with Crippen LogP contribution in [0.15, 0.2) is 84.9 Å². The second-order valence-corrected chi connectivity index (χ2v) is 6.51. The maximum absolute atomic E-state index is 12.9. The third-order valence-corrected chi connectivity index (χ3v) is 4.52. The summed E-state index contributed by atoms with van der Waals surface area (Å²) < 4.78 is 0. The number of nitrogens with one attached hydrogen (secondary N) is 1. The van der Waals surface area contributed by atoms with E-state index in [1.807, 2.05) is 86.9 Å². The normalized spacial score (nSPS) is 12.0. The molecule has 0 saturated carbocycles. The van der Waals surface area contributed by atoms with Gasteiger partial charge < -0.3 is 10.2 Å². The standard InChI is InChI=1S/C23H24N2O/c1-25(2)22(19-13-7-4-8-14-19)17-24-23(26)21-16-10-9-15-20(21)18-11-5-3-6-12-18/h3-16,22H,17H2,1-2H3,(H,24,26)/t22-/m1/s1. The van der Waals surface area contributed by atoms with Crippen molar-refractivity contribution in [2.45, 2.75) is 6.04 Å². The molecule has 0 aliphatic heterocycles. The van der Waals surface area contributed by atoms with Gasteiger partial charge in [-0.2, -0.15) is 0 Å². The van der Waals surface area contributed by atoms with Gasteiger partial charge in [0.1, 0.15) is 0 Å². The third-order valence-electron chi connectivity index (χ3n) is 4.52. The molecular formula is C23H24N2O. The zero-order chi connectivity index (χ0) is 18.4. The topological polar surface area (TPSA) is 32.3 Å². The lowest BCUT2D eigenvalue weighted by atomic mass is 9.99. The quantitative estimate of drug-likeness (QED) is 0.719. The number of benzene rings is 3. The lowest BCUT2D eigenvalue weighted by molar-refractivity contribution is 0.0942. The van der Waals surface area contributed by atoms with E-state index in [1.165, 1.54) is 5.56 Å². The third kappa shape index (κ3) is 4.19. The number of rotatable bonds is 6. The van der Waals surface area contributed by atoms with Gasteiger partial charge >= 0.3 is 0 Å². The fraction of sp³-hybridized carbons (Fsp3) is 0.174. The summed E-state index contributed by atoms with van der Waals surface area (Å²) >= 11 is 0. The summed E-state index contributed by atoms with van der Waals surface area (Å²) in [7, 11) is 4.06. The van der Waals surface area contributed by atoms with Crippen molar-refractivity contribution in [3.05, 3.63) is 96.1 Å². The van der Waals surface area contributed by atoms with Crippen LogP contribution in [-0.2, 0) is 0 Å². The van der Waals surface area contributed by atoms with E-state index in [0.29, 0.717) is 12.1 Å². The molecule has 0 heterocycles. The maximum Gasteiger partial charge on any atom is 0.251 e. The molecule has 3 nitrogen and oxygen atoms in total. The first kappa shape index (κ1) is 17.9. The number of amides is 1. The van der Waals surface area contributed by atoms with Gasteiger partial charge in [-0.1, -0.05) is 78.9 Å². The Kier molecular flexibility index (Phi) is 5.82. The van der Waals surface area contributed by atoms with Gasteiger partial charge in [-0.3, -0.25) is 4.79 Å². The van der Waals surface area contributed by atoms with Gasteiger partial charge in [0.15, 0.2) is 0 Å². The van der Waals surface area contributed by atoms with Crippen molar-refractivity contribution in [2.24, 2.45) is 0 Å². The molecule has 0 aliphatic rings. The van der Waals surface area contributed by atoms with E-state index < -0.39 is 0 Å². The molecule has 0 fully saturated rings. The fourth-order valence-corrected chi connectivity index (χ4v) is 3.11. The smallest absolute Gasteiger partial charge is 0.251 e. The molecule has 1 atom stereocenters. The highest BCUT2D eigenvalue weighted by Crippen LogP contribution is 2.24. The molecule has 0 aromatic heterocycles. The van der Waals surface area contributed by atoms with Crippen LogP contribution < -0.4 is 5.32 Å². The predicted octanol–water partition coefficient (Wildman–Crippen LogP) is 4.39. The van der Waals surface area contributed by atoms with Crippen LogP contribution in [0.2, 0.25) is 0 Å². The van der Waals surface area contributed by atoms with Crippen molar-refractivity contribution in [1.82, 2.24) is 10.2 Å². The first-order chi connectivity index (χ1) is 12.7. The van der Waals surface area contributed by atoms with Crippen molar-refractivity contribution in [3.8, 4) is 11.1 Å².